The average molecular weight is 309 g/mol. The van der Waals surface area contributed by atoms with Crippen LogP contribution >= 0.6 is 0 Å². The number of likely N-dealkylation sites (tertiary alicyclic amines) is 1. The van der Waals surface area contributed by atoms with Crippen LogP contribution in [0.15, 0.2) is 61.2 Å². The molecule has 0 N–H and O–H groups in total. The van der Waals surface area contributed by atoms with Crippen molar-refractivity contribution < 1.29 is 0 Å². The van der Waals surface area contributed by atoms with Gasteiger partial charge in [-0.3, -0.25) is 4.90 Å². The molecule has 1 heterocycles. The average Bonchev–Trinajstić information content (AvgIpc) is 2.60. The predicted octanol–water partition coefficient (Wildman–Crippen LogP) is 5.51. The summed E-state index contributed by atoms with van der Waals surface area (Å²) in [5.41, 5.74) is 4.27. The van der Waals surface area contributed by atoms with Gasteiger partial charge in [0.15, 0.2) is 0 Å². The molecule has 0 radical (unpaired) electrons. The van der Waals surface area contributed by atoms with Crippen LogP contribution in [0.3, 0.4) is 0 Å². The molecular weight excluding hydrogens is 278 g/mol. The topological polar surface area (TPSA) is 3.24 Å². The van der Waals surface area contributed by atoms with Crippen LogP contribution in [-0.2, 0) is 6.42 Å². The van der Waals surface area contributed by atoms with Gasteiger partial charge in [0.25, 0.3) is 0 Å². The maximum Gasteiger partial charge on any atom is 0.0233 e. The van der Waals surface area contributed by atoms with Crippen LogP contribution < -0.4 is 0 Å². The van der Waals surface area contributed by atoms with Gasteiger partial charge in [-0.05, 0) is 61.4 Å². The number of aryl methyl sites for hydroxylation is 1. The molecule has 1 aromatic carbocycles. The van der Waals surface area contributed by atoms with Crippen LogP contribution in [-0.4, -0.2) is 24.5 Å². The fourth-order valence-electron chi connectivity index (χ4n) is 3.36. The Labute approximate surface area is 142 Å². The zero-order valence-electron chi connectivity index (χ0n) is 14.6. The van der Waals surface area contributed by atoms with E-state index in [4.69, 9.17) is 0 Å². The van der Waals surface area contributed by atoms with Gasteiger partial charge >= 0.3 is 0 Å². The van der Waals surface area contributed by atoms with Crippen molar-refractivity contribution in [1.82, 2.24) is 4.90 Å². The Morgan fingerprint density at radius 2 is 1.87 bits per heavy atom. The van der Waals surface area contributed by atoms with E-state index in [0.29, 0.717) is 0 Å². The van der Waals surface area contributed by atoms with Crippen molar-refractivity contribution >= 4 is 0 Å². The lowest BCUT2D eigenvalue weighted by Gasteiger charge is -2.32. The molecule has 0 saturated carbocycles. The highest BCUT2D eigenvalue weighted by Crippen LogP contribution is 2.28. The van der Waals surface area contributed by atoms with E-state index in [0.717, 1.165) is 12.5 Å². The third-order valence-electron chi connectivity index (χ3n) is 4.86. The van der Waals surface area contributed by atoms with E-state index in [1.807, 2.05) is 12.2 Å². The van der Waals surface area contributed by atoms with E-state index in [-0.39, 0.29) is 0 Å². The molecule has 1 aromatic rings. The Morgan fingerprint density at radius 3 is 2.43 bits per heavy atom. The molecule has 1 heteroatoms. The third kappa shape index (κ3) is 5.51. The van der Waals surface area contributed by atoms with E-state index in [2.05, 4.69) is 55.3 Å². The van der Waals surface area contributed by atoms with E-state index >= 15 is 0 Å². The smallest absolute Gasteiger partial charge is 0.0233 e. The summed E-state index contributed by atoms with van der Waals surface area (Å²) in [5.74, 6) is 0.724. The molecule has 23 heavy (non-hydrogen) atoms. The van der Waals surface area contributed by atoms with Crippen molar-refractivity contribution in [3.8, 4) is 0 Å². The highest BCUT2D eigenvalue weighted by molar-refractivity contribution is 5.26. The van der Waals surface area contributed by atoms with E-state index in [9.17, 15) is 0 Å². The lowest BCUT2D eigenvalue weighted by molar-refractivity contribution is 0.229. The fourth-order valence-corrected chi connectivity index (χ4v) is 3.36. The van der Waals surface area contributed by atoms with Crippen molar-refractivity contribution in [3.05, 3.63) is 72.4 Å². The second-order valence-corrected chi connectivity index (χ2v) is 6.58. The van der Waals surface area contributed by atoms with Crippen molar-refractivity contribution in [2.45, 2.75) is 44.9 Å². The molecule has 1 aliphatic heterocycles. The second kappa shape index (κ2) is 9.52. The summed E-state index contributed by atoms with van der Waals surface area (Å²) >= 11 is 0. The molecular formula is C22H31N. The van der Waals surface area contributed by atoms with Crippen LogP contribution in [0, 0.1) is 0 Å². The monoisotopic (exact) mass is 309 g/mol. The van der Waals surface area contributed by atoms with Gasteiger partial charge in [0.1, 0.15) is 0 Å². The molecule has 0 unspecified atom stereocenters. The van der Waals surface area contributed by atoms with Crippen LogP contribution in [0.1, 0.15) is 49.7 Å². The number of hydrogen-bond donors (Lipinski definition) is 0. The number of unbranched alkanes of at least 4 members (excludes halogenated alkanes) is 1. The number of rotatable bonds is 8. The van der Waals surface area contributed by atoms with E-state index < -0.39 is 0 Å². The summed E-state index contributed by atoms with van der Waals surface area (Å²) in [7, 11) is 0. The van der Waals surface area contributed by atoms with Crippen molar-refractivity contribution in [2.75, 3.05) is 19.6 Å². The third-order valence-corrected chi connectivity index (χ3v) is 4.86. The van der Waals surface area contributed by atoms with Gasteiger partial charge in [-0.2, -0.15) is 0 Å². The van der Waals surface area contributed by atoms with Crippen LogP contribution in [0.25, 0.3) is 0 Å². The number of benzene rings is 1. The molecule has 0 atom stereocenters. The van der Waals surface area contributed by atoms with Crippen LogP contribution in [0.4, 0.5) is 0 Å². The van der Waals surface area contributed by atoms with Crippen LogP contribution in [0.2, 0.25) is 0 Å². The largest absolute Gasteiger partial charge is 0.299 e. The Kier molecular flexibility index (Phi) is 7.35. The summed E-state index contributed by atoms with van der Waals surface area (Å²) in [5, 5.41) is 0. The minimum atomic E-state index is 0.724. The first-order valence-corrected chi connectivity index (χ1v) is 9.02. The fraction of sp³-hybridized carbons (Fsp3) is 0.455. The Morgan fingerprint density at radius 1 is 1.17 bits per heavy atom. The molecule has 1 saturated heterocycles. The Balaban J connectivity index is 1.85. The van der Waals surface area contributed by atoms with Gasteiger partial charge < -0.3 is 0 Å². The van der Waals surface area contributed by atoms with Gasteiger partial charge in [-0.1, -0.05) is 69.0 Å². The second-order valence-electron chi connectivity index (χ2n) is 6.58. The minimum absolute atomic E-state index is 0.724. The van der Waals surface area contributed by atoms with E-state index in [1.54, 1.807) is 0 Å². The van der Waals surface area contributed by atoms with Gasteiger partial charge in [0.2, 0.25) is 0 Å². The number of nitrogens with zero attached hydrogens (tertiary/aromatic N) is 1. The molecule has 124 valence electrons. The van der Waals surface area contributed by atoms with Crippen molar-refractivity contribution in [2.24, 2.45) is 0 Å². The standard InChI is InChI=1S/C22H31N/c1-4-7-9-20-10-12-21(13-11-20)22-14-16-23(17-15-22)18-19(6-3)8-5-2/h5-6,8,10-13,22H,2-4,7,9,14-18H2,1H3/b19-8+. The molecule has 0 amide bonds. The predicted molar refractivity (Wildman–Crippen MR) is 102 cm³/mol. The molecule has 1 fully saturated rings. The molecule has 0 spiro atoms. The highest BCUT2D eigenvalue weighted by Gasteiger charge is 2.20. The zero-order valence-corrected chi connectivity index (χ0v) is 14.6. The maximum absolute atomic E-state index is 3.89. The Bertz CT molecular complexity index is 515. The van der Waals surface area contributed by atoms with Gasteiger partial charge in [0.05, 0.1) is 0 Å². The van der Waals surface area contributed by atoms with Gasteiger partial charge in [-0.15, -0.1) is 0 Å². The number of allylic oxidation sites excluding steroid dienone is 2. The summed E-state index contributed by atoms with van der Waals surface area (Å²) in [4.78, 5) is 2.53. The van der Waals surface area contributed by atoms with Crippen LogP contribution in [0.5, 0.6) is 0 Å². The molecule has 0 aromatic heterocycles. The summed E-state index contributed by atoms with van der Waals surface area (Å²) in [6.45, 7) is 13.3. The number of hydrogen-bond acceptors (Lipinski definition) is 1. The Hall–Kier alpha value is -1.60. The molecule has 1 aliphatic rings. The molecule has 0 bridgehead atoms. The van der Waals surface area contributed by atoms with Crippen molar-refractivity contribution in [1.29, 1.82) is 0 Å². The first kappa shape index (κ1) is 17.7. The molecule has 1 nitrogen and oxygen atoms in total. The first-order valence-electron chi connectivity index (χ1n) is 9.02. The zero-order chi connectivity index (χ0) is 16.5. The van der Waals surface area contributed by atoms with Gasteiger partial charge in [0, 0.05) is 6.54 Å². The number of piperidine rings is 1. The molecule has 0 aliphatic carbocycles. The van der Waals surface area contributed by atoms with Gasteiger partial charge in [-0.25, -0.2) is 0 Å². The quantitative estimate of drug-likeness (QED) is 0.573. The lowest BCUT2D eigenvalue weighted by Crippen LogP contribution is -2.34. The van der Waals surface area contributed by atoms with E-state index in [1.165, 1.54) is 61.9 Å². The summed E-state index contributed by atoms with van der Waals surface area (Å²) < 4.78 is 0. The summed E-state index contributed by atoms with van der Waals surface area (Å²) in [6.07, 6.45) is 12.2. The first-order chi connectivity index (χ1) is 11.3. The minimum Gasteiger partial charge on any atom is -0.299 e. The summed E-state index contributed by atoms with van der Waals surface area (Å²) in [6, 6.07) is 9.39. The normalized spacial score (nSPS) is 17.2. The highest BCUT2D eigenvalue weighted by atomic mass is 15.1. The molecule has 2 rings (SSSR count). The van der Waals surface area contributed by atoms with Crippen molar-refractivity contribution in [3.63, 3.8) is 0 Å². The lowest BCUT2D eigenvalue weighted by atomic mass is 9.88. The maximum atomic E-state index is 3.89. The SMILES string of the molecule is C=C/C=C(\C=C)CN1CCC(c2ccc(CCCC)cc2)CC1.